The molecule has 0 aliphatic rings. The molecule has 0 radical (unpaired) electrons. The fourth-order valence-corrected chi connectivity index (χ4v) is 1.75. The van der Waals surface area contributed by atoms with Crippen LogP contribution in [0.4, 0.5) is 5.69 Å². The molecule has 6 nitrogen and oxygen atoms in total. The van der Waals surface area contributed by atoms with Gasteiger partial charge < -0.3 is 15.4 Å². The zero-order valence-corrected chi connectivity index (χ0v) is 14.1. The van der Waals surface area contributed by atoms with Crippen molar-refractivity contribution in [3.8, 4) is 0 Å². The van der Waals surface area contributed by atoms with Crippen molar-refractivity contribution in [2.24, 2.45) is 5.41 Å². The Morgan fingerprint density at radius 2 is 1.70 bits per heavy atom. The molecule has 0 aromatic heterocycles. The van der Waals surface area contributed by atoms with Crippen molar-refractivity contribution < 1.29 is 19.1 Å². The number of anilines is 1. The molecule has 1 aromatic rings. The van der Waals surface area contributed by atoms with Gasteiger partial charge in [-0.25, -0.2) is 4.79 Å². The second kappa shape index (κ2) is 8.31. The first-order chi connectivity index (χ1) is 10.7. The maximum atomic E-state index is 11.8. The number of ether oxygens (including phenoxy) is 1. The van der Waals surface area contributed by atoms with Gasteiger partial charge in [-0.15, -0.1) is 0 Å². The van der Waals surface area contributed by atoms with E-state index in [-0.39, 0.29) is 11.8 Å². The summed E-state index contributed by atoms with van der Waals surface area (Å²) < 4.78 is 4.61. The quantitative estimate of drug-likeness (QED) is 0.622. The molecule has 0 aliphatic carbocycles. The molecule has 0 bridgehead atoms. The molecule has 0 saturated heterocycles. The largest absolute Gasteiger partial charge is 0.465 e. The Kier molecular flexibility index (Phi) is 6.75. The first-order valence-corrected chi connectivity index (χ1v) is 7.50. The highest BCUT2D eigenvalue weighted by atomic mass is 16.5. The Balaban J connectivity index is 2.34. The van der Waals surface area contributed by atoms with Gasteiger partial charge in [0.25, 0.3) is 0 Å². The van der Waals surface area contributed by atoms with E-state index < -0.39 is 11.4 Å². The first-order valence-electron chi connectivity index (χ1n) is 7.50. The molecule has 0 atom stereocenters. The summed E-state index contributed by atoms with van der Waals surface area (Å²) in [4.78, 5) is 34.8. The summed E-state index contributed by atoms with van der Waals surface area (Å²) in [6.07, 6.45) is 0.872. The highest BCUT2D eigenvalue weighted by Crippen LogP contribution is 2.13. The lowest BCUT2D eigenvalue weighted by atomic mass is 9.96. The molecule has 23 heavy (non-hydrogen) atoms. The number of rotatable bonds is 6. The molecule has 0 aliphatic heterocycles. The Labute approximate surface area is 136 Å². The lowest BCUT2D eigenvalue weighted by Crippen LogP contribution is -2.35. The highest BCUT2D eigenvalue weighted by Gasteiger charge is 2.20. The average Bonchev–Trinajstić information content (AvgIpc) is 2.50. The molecule has 0 saturated carbocycles. The number of nitrogens with one attached hydrogen (secondary N) is 2. The normalized spacial score (nSPS) is 10.8. The summed E-state index contributed by atoms with van der Waals surface area (Å²) >= 11 is 0. The smallest absolute Gasteiger partial charge is 0.337 e. The van der Waals surface area contributed by atoms with Crippen LogP contribution in [0.1, 0.15) is 44.0 Å². The van der Waals surface area contributed by atoms with Gasteiger partial charge >= 0.3 is 5.97 Å². The lowest BCUT2D eigenvalue weighted by molar-refractivity contribution is -0.128. The van der Waals surface area contributed by atoms with Gasteiger partial charge in [0.05, 0.1) is 12.7 Å². The average molecular weight is 320 g/mol. The Bertz CT molecular complexity index is 559. The van der Waals surface area contributed by atoms with Gasteiger partial charge in [0.1, 0.15) is 0 Å². The fourth-order valence-electron chi connectivity index (χ4n) is 1.75. The van der Waals surface area contributed by atoms with Crippen LogP contribution in [0, 0.1) is 5.41 Å². The number of methoxy groups -OCH3 is 1. The third-order valence-electron chi connectivity index (χ3n) is 3.14. The van der Waals surface area contributed by atoms with E-state index in [1.807, 2.05) is 20.8 Å². The Hall–Kier alpha value is -2.37. The van der Waals surface area contributed by atoms with Gasteiger partial charge in [-0.2, -0.15) is 0 Å². The van der Waals surface area contributed by atoms with Crippen LogP contribution in [-0.2, 0) is 14.3 Å². The maximum Gasteiger partial charge on any atom is 0.337 e. The molecule has 1 rings (SSSR count). The third kappa shape index (κ3) is 6.50. The van der Waals surface area contributed by atoms with E-state index >= 15 is 0 Å². The monoisotopic (exact) mass is 320 g/mol. The van der Waals surface area contributed by atoms with Crippen molar-refractivity contribution in [2.45, 2.75) is 33.6 Å². The molecule has 6 heteroatoms. The van der Waals surface area contributed by atoms with Crippen LogP contribution in [0.5, 0.6) is 0 Å². The van der Waals surface area contributed by atoms with Gasteiger partial charge in [0.15, 0.2) is 0 Å². The van der Waals surface area contributed by atoms with E-state index in [1.165, 1.54) is 7.11 Å². The minimum atomic E-state index is -0.427. The number of esters is 1. The van der Waals surface area contributed by atoms with Crippen molar-refractivity contribution in [3.63, 3.8) is 0 Å². The number of carbonyl (C=O) groups is 3. The number of amides is 2. The minimum absolute atomic E-state index is 0.0312. The van der Waals surface area contributed by atoms with E-state index in [0.717, 1.165) is 0 Å². The Morgan fingerprint density at radius 3 is 2.22 bits per heavy atom. The zero-order valence-electron chi connectivity index (χ0n) is 14.1. The van der Waals surface area contributed by atoms with Crippen LogP contribution in [-0.4, -0.2) is 31.4 Å². The van der Waals surface area contributed by atoms with Gasteiger partial charge in [-0.05, 0) is 30.7 Å². The Morgan fingerprint density at radius 1 is 1.09 bits per heavy atom. The van der Waals surface area contributed by atoms with Crippen LogP contribution in [0.2, 0.25) is 0 Å². The van der Waals surface area contributed by atoms with Gasteiger partial charge in [0.2, 0.25) is 11.8 Å². The van der Waals surface area contributed by atoms with Gasteiger partial charge in [-0.3, -0.25) is 9.59 Å². The van der Waals surface area contributed by atoms with Crippen molar-refractivity contribution >= 4 is 23.5 Å². The predicted octanol–water partition coefficient (Wildman–Crippen LogP) is 2.35. The highest BCUT2D eigenvalue weighted by molar-refractivity contribution is 5.93. The van der Waals surface area contributed by atoms with Crippen LogP contribution >= 0.6 is 0 Å². The lowest BCUT2D eigenvalue weighted by Gasteiger charge is -2.17. The number of carbonyl (C=O) groups excluding carboxylic acids is 3. The number of hydrogen-bond donors (Lipinski definition) is 2. The predicted molar refractivity (Wildman–Crippen MR) is 88.1 cm³/mol. The summed E-state index contributed by atoms with van der Waals surface area (Å²) in [5.74, 6) is -0.588. The summed E-state index contributed by atoms with van der Waals surface area (Å²) in [5, 5.41) is 5.54. The molecule has 0 fully saturated rings. The topological polar surface area (TPSA) is 84.5 Å². The van der Waals surface area contributed by atoms with E-state index in [4.69, 9.17) is 0 Å². The van der Waals surface area contributed by atoms with E-state index in [1.54, 1.807) is 24.3 Å². The van der Waals surface area contributed by atoms with E-state index in [9.17, 15) is 14.4 Å². The van der Waals surface area contributed by atoms with Crippen LogP contribution in [0.15, 0.2) is 24.3 Å². The van der Waals surface area contributed by atoms with E-state index in [2.05, 4.69) is 15.4 Å². The maximum absolute atomic E-state index is 11.8. The van der Waals surface area contributed by atoms with Crippen LogP contribution < -0.4 is 10.6 Å². The van der Waals surface area contributed by atoms with Crippen molar-refractivity contribution in [1.82, 2.24) is 5.32 Å². The molecule has 1 aromatic carbocycles. The standard InChI is InChI=1S/C17H24N2O4/c1-17(2,3)16(22)18-11-5-6-14(20)19-13-9-7-12(8-10-13)15(21)23-4/h7-10H,5-6,11H2,1-4H3,(H,18,22)(H,19,20). The second-order valence-corrected chi connectivity index (χ2v) is 6.23. The van der Waals surface area contributed by atoms with E-state index in [0.29, 0.717) is 30.6 Å². The minimum Gasteiger partial charge on any atom is -0.465 e. The number of hydrogen-bond acceptors (Lipinski definition) is 4. The molecule has 0 spiro atoms. The molecule has 2 N–H and O–H groups in total. The van der Waals surface area contributed by atoms with Crippen molar-refractivity contribution in [2.75, 3.05) is 19.0 Å². The molecule has 126 valence electrons. The fraction of sp³-hybridized carbons (Fsp3) is 0.471. The van der Waals surface area contributed by atoms with Crippen LogP contribution in [0.25, 0.3) is 0 Å². The van der Waals surface area contributed by atoms with Crippen LogP contribution in [0.3, 0.4) is 0 Å². The summed E-state index contributed by atoms with van der Waals surface area (Å²) in [7, 11) is 1.32. The molecule has 2 amide bonds. The first kappa shape index (κ1) is 18.7. The van der Waals surface area contributed by atoms with Crippen molar-refractivity contribution in [1.29, 1.82) is 0 Å². The zero-order chi connectivity index (χ0) is 17.5. The SMILES string of the molecule is COC(=O)c1ccc(NC(=O)CCCNC(=O)C(C)(C)C)cc1. The summed E-state index contributed by atoms with van der Waals surface area (Å²) in [6, 6.07) is 6.47. The molecule has 0 heterocycles. The molecule has 0 unspecified atom stereocenters. The summed E-state index contributed by atoms with van der Waals surface area (Å²) in [6.45, 7) is 5.98. The van der Waals surface area contributed by atoms with Crippen molar-refractivity contribution in [3.05, 3.63) is 29.8 Å². The molecular weight excluding hydrogens is 296 g/mol. The molecular formula is C17H24N2O4. The third-order valence-corrected chi connectivity index (χ3v) is 3.14. The van der Waals surface area contributed by atoms with Gasteiger partial charge in [-0.1, -0.05) is 20.8 Å². The summed E-state index contributed by atoms with van der Waals surface area (Å²) in [5.41, 5.74) is 0.612. The second-order valence-electron chi connectivity index (χ2n) is 6.23. The number of benzene rings is 1. The van der Waals surface area contributed by atoms with Gasteiger partial charge in [0, 0.05) is 24.1 Å².